The van der Waals surface area contributed by atoms with Crippen molar-refractivity contribution >= 4 is 17.6 Å². The number of hydrogen-bond acceptors (Lipinski definition) is 4. The molecule has 6 heteroatoms. The van der Waals surface area contributed by atoms with Gasteiger partial charge in [0.1, 0.15) is 6.04 Å². The molecule has 1 heterocycles. The molecule has 1 saturated carbocycles. The lowest BCUT2D eigenvalue weighted by atomic mass is 10.1. The van der Waals surface area contributed by atoms with E-state index < -0.39 is 12.0 Å². The van der Waals surface area contributed by atoms with Crippen LogP contribution in [0.5, 0.6) is 0 Å². The lowest BCUT2D eigenvalue weighted by Crippen LogP contribution is -2.46. The molecular formula is C19H23N3O3. The van der Waals surface area contributed by atoms with E-state index in [0.29, 0.717) is 6.42 Å². The molecule has 0 saturated heterocycles. The zero-order chi connectivity index (χ0) is 18.0. The Hall–Kier alpha value is -2.63. The number of carbonyl (C=O) groups excluding carboxylic acids is 2. The van der Waals surface area contributed by atoms with Gasteiger partial charge in [-0.3, -0.25) is 14.4 Å². The van der Waals surface area contributed by atoms with E-state index in [4.69, 9.17) is 4.74 Å². The quantitative estimate of drug-likeness (QED) is 0.757. The van der Waals surface area contributed by atoms with E-state index in [1.165, 1.54) is 7.11 Å². The summed E-state index contributed by atoms with van der Waals surface area (Å²) in [6, 6.07) is 8.71. The first-order valence-electron chi connectivity index (χ1n) is 8.51. The predicted octanol–water partition coefficient (Wildman–Crippen LogP) is 2.51. The number of para-hydroxylation sites is 1. The van der Waals surface area contributed by atoms with Gasteiger partial charge in [0.25, 0.3) is 0 Å². The maximum absolute atomic E-state index is 13.2. The molecule has 0 bridgehead atoms. The SMILES string of the molecule is CCC(C(=O)OC)N(C(=O)C1CC1c1cnn(C)c1)c1ccccc1. The average molecular weight is 341 g/mol. The van der Waals surface area contributed by atoms with E-state index in [2.05, 4.69) is 5.10 Å². The molecule has 25 heavy (non-hydrogen) atoms. The summed E-state index contributed by atoms with van der Waals surface area (Å²) in [7, 11) is 3.22. The fraction of sp³-hybridized carbons (Fsp3) is 0.421. The summed E-state index contributed by atoms with van der Waals surface area (Å²) < 4.78 is 6.67. The zero-order valence-electron chi connectivity index (χ0n) is 14.8. The summed E-state index contributed by atoms with van der Waals surface area (Å²) in [5.74, 6) is -0.374. The third-order valence-electron chi connectivity index (χ3n) is 4.70. The molecule has 1 aliphatic carbocycles. The van der Waals surface area contributed by atoms with E-state index in [1.807, 2.05) is 56.7 Å². The summed E-state index contributed by atoms with van der Waals surface area (Å²) in [6.07, 6.45) is 5.04. The number of hydrogen-bond donors (Lipinski definition) is 0. The molecule has 1 fully saturated rings. The smallest absolute Gasteiger partial charge is 0.328 e. The zero-order valence-corrected chi connectivity index (χ0v) is 14.8. The van der Waals surface area contributed by atoms with Gasteiger partial charge in [0.2, 0.25) is 5.91 Å². The number of rotatable bonds is 6. The summed E-state index contributed by atoms with van der Waals surface area (Å²) in [5, 5.41) is 4.19. The van der Waals surface area contributed by atoms with Crippen LogP contribution in [-0.4, -0.2) is 34.8 Å². The highest BCUT2D eigenvalue weighted by atomic mass is 16.5. The first kappa shape index (κ1) is 17.2. The maximum atomic E-state index is 13.2. The van der Waals surface area contributed by atoms with E-state index >= 15 is 0 Å². The summed E-state index contributed by atoms with van der Waals surface area (Å²) >= 11 is 0. The Balaban J connectivity index is 1.87. The van der Waals surface area contributed by atoms with Gasteiger partial charge in [-0.2, -0.15) is 5.10 Å². The molecule has 0 N–H and O–H groups in total. The summed E-state index contributed by atoms with van der Waals surface area (Å²) in [5.41, 5.74) is 1.79. The van der Waals surface area contributed by atoms with Crippen molar-refractivity contribution in [2.75, 3.05) is 12.0 Å². The van der Waals surface area contributed by atoms with Crippen molar-refractivity contribution in [3.05, 3.63) is 48.3 Å². The van der Waals surface area contributed by atoms with Crippen molar-refractivity contribution in [1.82, 2.24) is 9.78 Å². The Bertz CT molecular complexity index is 756. The van der Waals surface area contributed by atoms with Gasteiger partial charge in [-0.25, -0.2) is 4.79 Å². The van der Waals surface area contributed by atoms with Crippen molar-refractivity contribution in [3.8, 4) is 0 Å². The standard InChI is InChI=1S/C19H23N3O3/c1-4-17(19(24)25-3)22(14-8-6-5-7-9-14)18(23)16-10-15(16)13-11-20-21(2)12-13/h5-9,11-12,15-17H,4,10H2,1-3H3. The van der Waals surface area contributed by atoms with E-state index in [1.54, 1.807) is 9.58 Å². The Morgan fingerprint density at radius 3 is 2.64 bits per heavy atom. The van der Waals surface area contributed by atoms with Crippen molar-refractivity contribution in [2.45, 2.75) is 31.7 Å². The number of methoxy groups -OCH3 is 1. The van der Waals surface area contributed by atoms with Crippen LogP contribution >= 0.6 is 0 Å². The van der Waals surface area contributed by atoms with Crippen LogP contribution < -0.4 is 4.90 Å². The molecule has 1 amide bonds. The number of carbonyl (C=O) groups is 2. The Morgan fingerprint density at radius 2 is 2.08 bits per heavy atom. The third kappa shape index (κ3) is 3.43. The molecule has 2 aromatic rings. The molecule has 3 atom stereocenters. The van der Waals surface area contributed by atoms with E-state index in [-0.39, 0.29) is 17.7 Å². The first-order valence-corrected chi connectivity index (χ1v) is 8.51. The van der Waals surface area contributed by atoms with Crippen LogP contribution in [0.1, 0.15) is 31.2 Å². The van der Waals surface area contributed by atoms with Crippen LogP contribution in [0.2, 0.25) is 0 Å². The van der Waals surface area contributed by atoms with Crippen LogP contribution in [0.15, 0.2) is 42.7 Å². The number of esters is 1. The third-order valence-corrected chi connectivity index (χ3v) is 4.70. The molecule has 0 spiro atoms. The summed E-state index contributed by atoms with van der Waals surface area (Å²) in [6.45, 7) is 1.89. The van der Waals surface area contributed by atoms with Crippen LogP contribution in [0.4, 0.5) is 5.69 Å². The second kappa shape index (κ2) is 7.09. The highest BCUT2D eigenvalue weighted by Gasteiger charge is 2.48. The molecule has 1 aromatic heterocycles. The van der Waals surface area contributed by atoms with Crippen molar-refractivity contribution in [2.24, 2.45) is 13.0 Å². The second-order valence-electron chi connectivity index (χ2n) is 6.39. The summed E-state index contributed by atoms with van der Waals surface area (Å²) in [4.78, 5) is 27.0. The topological polar surface area (TPSA) is 64.4 Å². The van der Waals surface area contributed by atoms with Gasteiger partial charge in [0.15, 0.2) is 0 Å². The molecule has 1 aromatic carbocycles. The number of aromatic nitrogens is 2. The van der Waals surface area contributed by atoms with Gasteiger partial charge < -0.3 is 4.74 Å². The number of benzene rings is 1. The van der Waals surface area contributed by atoms with Crippen LogP contribution in [0, 0.1) is 5.92 Å². The molecule has 132 valence electrons. The highest BCUT2D eigenvalue weighted by molar-refractivity contribution is 6.02. The van der Waals surface area contributed by atoms with Gasteiger partial charge in [-0.1, -0.05) is 25.1 Å². The first-order chi connectivity index (χ1) is 12.1. The molecule has 0 radical (unpaired) electrons. The molecule has 3 rings (SSSR count). The number of nitrogens with zero attached hydrogens (tertiary/aromatic N) is 3. The van der Waals surface area contributed by atoms with Gasteiger partial charge in [0.05, 0.1) is 13.3 Å². The number of ether oxygens (including phenoxy) is 1. The number of amides is 1. The average Bonchev–Trinajstić information content (AvgIpc) is 3.33. The van der Waals surface area contributed by atoms with Gasteiger partial charge in [-0.05, 0) is 36.5 Å². The van der Waals surface area contributed by atoms with Crippen LogP contribution in [-0.2, 0) is 21.4 Å². The molecule has 0 aliphatic heterocycles. The van der Waals surface area contributed by atoms with Crippen LogP contribution in [0.3, 0.4) is 0 Å². The Kier molecular flexibility index (Phi) is 4.88. The van der Waals surface area contributed by atoms with E-state index in [9.17, 15) is 9.59 Å². The van der Waals surface area contributed by atoms with Crippen molar-refractivity contribution in [1.29, 1.82) is 0 Å². The minimum absolute atomic E-state index is 0.0303. The van der Waals surface area contributed by atoms with Gasteiger partial charge >= 0.3 is 5.97 Å². The largest absolute Gasteiger partial charge is 0.467 e. The van der Waals surface area contributed by atoms with Gasteiger partial charge in [-0.15, -0.1) is 0 Å². The fourth-order valence-electron chi connectivity index (χ4n) is 3.29. The highest BCUT2D eigenvalue weighted by Crippen LogP contribution is 2.49. The monoisotopic (exact) mass is 341 g/mol. The number of anilines is 1. The van der Waals surface area contributed by atoms with Gasteiger partial charge in [0, 0.05) is 24.8 Å². The predicted molar refractivity (Wildman–Crippen MR) is 94.1 cm³/mol. The van der Waals surface area contributed by atoms with Crippen LogP contribution in [0.25, 0.3) is 0 Å². The van der Waals surface area contributed by atoms with Crippen molar-refractivity contribution in [3.63, 3.8) is 0 Å². The lowest BCUT2D eigenvalue weighted by Gasteiger charge is -2.29. The fourth-order valence-corrected chi connectivity index (χ4v) is 3.29. The minimum Gasteiger partial charge on any atom is -0.467 e. The Labute approximate surface area is 147 Å². The molecule has 6 nitrogen and oxygen atoms in total. The second-order valence-corrected chi connectivity index (χ2v) is 6.39. The lowest BCUT2D eigenvalue weighted by molar-refractivity contribution is -0.143. The number of aryl methyl sites for hydroxylation is 1. The van der Waals surface area contributed by atoms with E-state index in [0.717, 1.165) is 17.7 Å². The molecule has 1 aliphatic rings. The maximum Gasteiger partial charge on any atom is 0.328 e. The Morgan fingerprint density at radius 1 is 1.36 bits per heavy atom. The minimum atomic E-state index is -0.616. The van der Waals surface area contributed by atoms with Crippen molar-refractivity contribution < 1.29 is 14.3 Å². The molecule has 3 unspecified atom stereocenters. The molecular weight excluding hydrogens is 318 g/mol. The normalized spacial score (nSPS) is 20.0.